The number of benzene rings is 1. The quantitative estimate of drug-likeness (QED) is 0.656. The number of hydrogen-bond donors (Lipinski definition) is 1. The van der Waals surface area contributed by atoms with E-state index in [-0.39, 0.29) is 11.5 Å². The Kier molecular flexibility index (Phi) is 4.76. The summed E-state index contributed by atoms with van der Waals surface area (Å²) in [6.45, 7) is 1.67. The van der Waals surface area contributed by atoms with Gasteiger partial charge in [-0.2, -0.15) is 0 Å². The predicted octanol–water partition coefficient (Wildman–Crippen LogP) is 3.13. The fraction of sp³-hybridized carbons (Fsp3) is 0.417. The van der Waals surface area contributed by atoms with E-state index in [1.807, 2.05) is 12.1 Å². The van der Waals surface area contributed by atoms with Gasteiger partial charge in [-0.25, -0.2) is 13.4 Å². The molecule has 2 aromatic rings. The molecule has 0 aliphatic rings. The van der Waals surface area contributed by atoms with Crippen LogP contribution in [-0.4, -0.2) is 35.6 Å². The van der Waals surface area contributed by atoms with E-state index >= 15 is 0 Å². The number of imidazole rings is 1. The van der Waals surface area contributed by atoms with Gasteiger partial charge in [0.1, 0.15) is 9.84 Å². The van der Waals surface area contributed by atoms with Gasteiger partial charge in [0.15, 0.2) is 5.16 Å². The first kappa shape index (κ1) is 14.7. The zero-order valence-corrected chi connectivity index (χ0v) is 12.9. The third-order valence-corrected chi connectivity index (χ3v) is 5.69. The molecule has 2 rings (SSSR count). The molecule has 0 aliphatic carbocycles. The minimum atomic E-state index is -2.87. The highest BCUT2D eigenvalue weighted by Gasteiger charge is 2.08. The third-order valence-electron chi connectivity index (χ3n) is 2.70. The zero-order valence-electron chi connectivity index (χ0n) is 10.5. The maximum atomic E-state index is 11.3. The van der Waals surface area contributed by atoms with Gasteiger partial charge in [-0.05, 0) is 24.6 Å². The summed E-state index contributed by atoms with van der Waals surface area (Å²) in [6, 6.07) is 5.49. The molecule has 0 spiro atoms. The van der Waals surface area contributed by atoms with E-state index in [0.29, 0.717) is 11.4 Å². The summed E-state index contributed by atoms with van der Waals surface area (Å²) in [5.74, 6) is 1.18. The first-order valence-corrected chi connectivity index (χ1v) is 9.17. The Morgan fingerprint density at radius 3 is 2.95 bits per heavy atom. The van der Waals surface area contributed by atoms with Crippen molar-refractivity contribution in [3.63, 3.8) is 0 Å². The minimum Gasteiger partial charge on any atom is -0.333 e. The minimum absolute atomic E-state index is 0.209. The second-order valence-corrected chi connectivity index (χ2v) is 8.13. The molecular weight excluding hydrogens is 304 g/mol. The molecule has 4 nitrogen and oxygen atoms in total. The van der Waals surface area contributed by atoms with Gasteiger partial charge < -0.3 is 4.98 Å². The Bertz CT molecular complexity index is 667. The van der Waals surface area contributed by atoms with Crippen LogP contribution in [0.1, 0.15) is 13.3 Å². The Labute approximate surface area is 121 Å². The molecular formula is C12H15ClN2O2S2. The first-order valence-electron chi connectivity index (χ1n) is 5.98. The van der Waals surface area contributed by atoms with E-state index in [2.05, 4.69) is 9.97 Å². The Balaban J connectivity index is 1.92. The highest BCUT2D eigenvalue weighted by Crippen LogP contribution is 2.22. The Morgan fingerprint density at radius 1 is 1.42 bits per heavy atom. The number of thioether (sulfide) groups is 1. The van der Waals surface area contributed by atoms with Crippen LogP contribution in [0, 0.1) is 0 Å². The highest BCUT2D eigenvalue weighted by molar-refractivity contribution is 7.99. The van der Waals surface area contributed by atoms with E-state index < -0.39 is 9.84 Å². The molecule has 0 radical (unpaired) electrons. The van der Waals surface area contributed by atoms with Gasteiger partial charge in [0.05, 0.1) is 16.8 Å². The van der Waals surface area contributed by atoms with Crippen LogP contribution >= 0.6 is 23.4 Å². The summed E-state index contributed by atoms with van der Waals surface area (Å²) < 4.78 is 22.7. The standard InChI is InChI=1S/C12H15ClN2O2S2/c1-2-19(16,17)7-3-6-18-12-14-10-5-4-9(13)8-11(10)15-12/h4-5,8H,2-3,6-7H2,1H3,(H,14,15). The predicted molar refractivity (Wildman–Crippen MR) is 80.8 cm³/mol. The molecule has 1 aromatic heterocycles. The molecule has 19 heavy (non-hydrogen) atoms. The van der Waals surface area contributed by atoms with Gasteiger partial charge in [0, 0.05) is 16.5 Å². The SMILES string of the molecule is CCS(=O)(=O)CCCSc1nc2ccc(Cl)cc2[nH]1. The maximum absolute atomic E-state index is 11.3. The monoisotopic (exact) mass is 318 g/mol. The molecule has 0 bridgehead atoms. The fourth-order valence-electron chi connectivity index (χ4n) is 1.62. The number of halogens is 1. The number of rotatable bonds is 6. The van der Waals surface area contributed by atoms with Crippen molar-refractivity contribution in [1.82, 2.24) is 9.97 Å². The molecule has 104 valence electrons. The summed E-state index contributed by atoms with van der Waals surface area (Å²) in [6.07, 6.45) is 0.638. The van der Waals surface area contributed by atoms with Crippen LogP contribution in [-0.2, 0) is 9.84 Å². The molecule has 1 heterocycles. The number of nitrogens with one attached hydrogen (secondary N) is 1. The topological polar surface area (TPSA) is 62.8 Å². The van der Waals surface area contributed by atoms with Crippen molar-refractivity contribution in [3.05, 3.63) is 23.2 Å². The van der Waals surface area contributed by atoms with Crippen molar-refractivity contribution in [2.75, 3.05) is 17.3 Å². The van der Waals surface area contributed by atoms with Gasteiger partial charge in [-0.15, -0.1) is 0 Å². The van der Waals surface area contributed by atoms with Crippen molar-refractivity contribution in [1.29, 1.82) is 0 Å². The molecule has 0 saturated heterocycles. The Hall–Kier alpha value is -0.720. The zero-order chi connectivity index (χ0) is 13.9. The molecule has 0 aliphatic heterocycles. The van der Waals surface area contributed by atoms with Crippen LogP contribution in [0.15, 0.2) is 23.4 Å². The van der Waals surface area contributed by atoms with E-state index in [9.17, 15) is 8.42 Å². The molecule has 0 amide bonds. The Morgan fingerprint density at radius 2 is 2.21 bits per heavy atom. The van der Waals surface area contributed by atoms with Gasteiger partial charge in [-0.1, -0.05) is 30.3 Å². The first-order chi connectivity index (χ1) is 9.00. The van der Waals surface area contributed by atoms with Gasteiger partial charge >= 0.3 is 0 Å². The van der Waals surface area contributed by atoms with Crippen molar-refractivity contribution >= 4 is 44.2 Å². The summed E-state index contributed by atoms with van der Waals surface area (Å²) >= 11 is 7.43. The molecule has 0 fully saturated rings. The second kappa shape index (κ2) is 6.15. The van der Waals surface area contributed by atoms with Crippen LogP contribution in [0.5, 0.6) is 0 Å². The van der Waals surface area contributed by atoms with Gasteiger partial charge in [-0.3, -0.25) is 0 Å². The lowest BCUT2D eigenvalue weighted by Crippen LogP contribution is -2.09. The average molecular weight is 319 g/mol. The molecule has 1 N–H and O–H groups in total. The van der Waals surface area contributed by atoms with Crippen LogP contribution < -0.4 is 0 Å². The van der Waals surface area contributed by atoms with Crippen molar-refractivity contribution in [2.24, 2.45) is 0 Å². The van der Waals surface area contributed by atoms with Crippen molar-refractivity contribution in [2.45, 2.75) is 18.5 Å². The largest absolute Gasteiger partial charge is 0.333 e. The van der Waals surface area contributed by atoms with E-state index in [4.69, 9.17) is 11.6 Å². The molecule has 0 atom stereocenters. The van der Waals surface area contributed by atoms with Crippen LogP contribution in [0.3, 0.4) is 0 Å². The number of hydrogen-bond acceptors (Lipinski definition) is 4. The highest BCUT2D eigenvalue weighted by atomic mass is 35.5. The maximum Gasteiger partial charge on any atom is 0.166 e. The van der Waals surface area contributed by atoms with Crippen molar-refractivity contribution < 1.29 is 8.42 Å². The van der Waals surface area contributed by atoms with E-state index in [1.165, 1.54) is 11.8 Å². The molecule has 7 heteroatoms. The number of fused-ring (bicyclic) bond motifs is 1. The lowest BCUT2D eigenvalue weighted by atomic mass is 10.3. The number of H-pyrrole nitrogens is 1. The number of aromatic nitrogens is 2. The smallest absolute Gasteiger partial charge is 0.166 e. The van der Waals surface area contributed by atoms with Crippen LogP contribution in [0.25, 0.3) is 11.0 Å². The average Bonchev–Trinajstić information content (AvgIpc) is 2.76. The van der Waals surface area contributed by atoms with E-state index in [1.54, 1.807) is 13.0 Å². The van der Waals surface area contributed by atoms with Crippen molar-refractivity contribution in [3.8, 4) is 0 Å². The fourth-order valence-corrected chi connectivity index (χ4v) is 3.67. The molecule has 1 aromatic carbocycles. The molecule has 0 unspecified atom stereocenters. The number of sulfone groups is 1. The van der Waals surface area contributed by atoms with Crippen LogP contribution in [0.2, 0.25) is 5.02 Å². The van der Waals surface area contributed by atoms with E-state index in [0.717, 1.165) is 21.9 Å². The summed E-state index contributed by atoms with van der Waals surface area (Å²) in [7, 11) is -2.87. The third kappa shape index (κ3) is 4.12. The lowest BCUT2D eigenvalue weighted by Gasteiger charge is -1.99. The second-order valence-electron chi connectivity index (χ2n) is 4.14. The number of aromatic amines is 1. The van der Waals surface area contributed by atoms with Gasteiger partial charge in [0.2, 0.25) is 0 Å². The lowest BCUT2D eigenvalue weighted by molar-refractivity contribution is 0.596. The normalized spacial score (nSPS) is 12.1. The summed E-state index contributed by atoms with van der Waals surface area (Å²) in [4.78, 5) is 7.57. The summed E-state index contributed by atoms with van der Waals surface area (Å²) in [5.41, 5.74) is 1.77. The molecule has 0 saturated carbocycles. The van der Waals surface area contributed by atoms with Crippen LogP contribution in [0.4, 0.5) is 0 Å². The number of nitrogens with zero attached hydrogens (tertiary/aromatic N) is 1. The van der Waals surface area contributed by atoms with Gasteiger partial charge in [0.25, 0.3) is 0 Å². The summed E-state index contributed by atoms with van der Waals surface area (Å²) in [5, 5.41) is 1.47.